The third kappa shape index (κ3) is 8.10. The van der Waals surface area contributed by atoms with Gasteiger partial charge in [0.1, 0.15) is 6.23 Å². The fourth-order valence-electron chi connectivity index (χ4n) is 3.40. The molecule has 0 fully saturated rings. The lowest BCUT2D eigenvalue weighted by Gasteiger charge is -2.45. The van der Waals surface area contributed by atoms with Gasteiger partial charge in [0.2, 0.25) is 0 Å². The smallest absolute Gasteiger partial charge is 0.184 e. The van der Waals surface area contributed by atoms with Crippen LogP contribution in [-0.4, -0.2) is 68.3 Å². The molecule has 0 spiro atoms. The highest BCUT2D eigenvalue weighted by atomic mass is 31.1. The largest absolute Gasteiger partial charge is 0.361 e. The van der Waals surface area contributed by atoms with Crippen LogP contribution in [0.5, 0.6) is 0 Å². The molecule has 0 aliphatic carbocycles. The summed E-state index contributed by atoms with van der Waals surface area (Å²) in [5.74, 6) is 0.425. The maximum Gasteiger partial charge on any atom is 0.184 e. The van der Waals surface area contributed by atoms with E-state index in [4.69, 9.17) is 23.7 Å². The topological polar surface area (TPSA) is 49.4 Å². The zero-order valence-electron chi connectivity index (χ0n) is 19.2. The molecule has 0 saturated carbocycles. The molecule has 0 heterocycles. The van der Waals surface area contributed by atoms with E-state index in [1.165, 1.54) is 0 Å². The Labute approximate surface area is 170 Å². The standard InChI is InChI=1S/C19H43NO5P2/c1-12-18(21-8,22-9)26-16(6)20(15(5)25-14(3)4)17(7)27-19(13-2,23-10)24-11/h14-17,26-27H,12-13H2,1-11H3. The quantitative estimate of drug-likeness (QED) is 0.276. The minimum atomic E-state index is -0.567. The predicted molar refractivity (Wildman–Crippen MR) is 117 cm³/mol. The van der Waals surface area contributed by atoms with Crippen molar-refractivity contribution in [1.29, 1.82) is 0 Å². The lowest BCUT2D eigenvalue weighted by atomic mass is 10.4. The van der Waals surface area contributed by atoms with E-state index in [9.17, 15) is 0 Å². The highest BCUT2D eigenvalue weighted by molar-refractivity contribution is 7.41. The first kappa shape index (κ1) is 27.6. The van der Waals surface area contributed by atoms with E-state index in [2.05, 4.69) is 53.4 Å². The molecule has 0 rings (SSSR count). The number of ether oxygens (including phenoxy) is 5. The Morgan fingerprint density at radius 2 is 1.04 bits per heavy atom. The van der Waals surface area contributed by atoms with Gasteiger partial charge in [-0.15, -0.1) is 0 Å². The van der Waals surface area contributed by atoms with Crippen LogP contribution in [0.25, 0.3) is 0 Å². The van der Waals surface area contributed by atoms with Gasteiger partial charge in [-0.25, -0.2) is 0 Å². The minimum absolute atomic E-state index is 0.0402. The van der Waals surface area contributed by atoms with Crippen molar-refractivity contribution < 1.29 is 23.7 Å². The monoisotopic (exact) mass is 427 g/mol. The fraction of sp³-hybridized carbons (Fsp3) is 1.00. The molecule has 164 valence electrons. The van der Waals surface area contributed by atoms with Crippen molar-refractivity contribution in [2.75, 3.05) is 28.4 Å². The molecule has 0 aliphatic heterocycles. The van der Waals surface area contributed by atoms with Gasteiger partial charge in [0.15, 0.2) is 11.1 Å². The van der Waals surface area contributed by atoms with Crippen LogP contribution in [0, 0.1) is 0 Å². The van der Waals surface area contributed by atoms with E-state index in [-0.39, 0.29) is 23.9 Å². The summed E-state index contributed by atoms with van der Waals surface area (Å²) in [6.45, 7) is 14.9. The molecule has 6 nitrogen and oxygen atoms in total. The maximum atomic E-state index is 6.16. The van der Waals surface area contributed by atoms with Crippen LogP contribution in [0.3, 0.4) is 0 Å². The van der Waals surface area contributed by atoms with Crippen molar-refractivity contribution in [2.45, 2.75) is 96.3 Å². The molecule has 0 aromatic carbocycles. The first-order valence-corrected chi connectivity index (χ1v) is 11.9. The van der Waals surface area contributed by atoms with Gasteiger partial charge in [0.25, 0.3) is 0 Å². The average molecular weight is 428 g/mol. The van der Waals surface area contributed by atoms with E-state index in [1.54, 1.807) is 28.4 Å². The summed E-state index contributed by atoms with van der Waals surface area (Å²) in [6.07, 6.45) is 1.69. The molecular formula is C19H43NO5P2. The van der Waals surface area contributed by atoms with E-state index < -0.39 is 11.1 Å². The number of methoxy groups -OCH3 is 4. The molecule has 0 aromatic heterocycles. The first-order chi connectivity index (χ1) is 12.6. The molecular weight excluding hydrogens is 384 g/mol. The van der Waals surface area contributed by atoms with E-state index in [0.29, 0.717) is 17.2 Å². The Balaban J connectivity index is 5.61. The molecule has 5 unspecified atom stereocenters. The molecule has 0 bridgehead atoms. The summed E-state index contributed by atoms with van der Waals surface area (Å²) in [4.78, 5) is 2.40. The first-order valence-electron chi connectivity index (χ1n) is 9.78. The van der Waals surface area contributed by atoms with Crippen LogP contribution in [-0.2, 0) is 23.7 Å². The number of rotatable bonds is 15. The van der Waals surface area contributed by atoms with Crippen LogP contribution in [0.4, 0.5) is 0 Å². The number of hydrogen-bond donors (Lipinski definition) is 0. The summed E-state index contributed by atoms with van der Waals surface area (Å²) in [6, 6.07) is 0. The van der Waals surface area contributed by atoms with Gasteiger partial charge in [-0.3, -0.25) is 4.90 Å². The number of hydrogen-bond acceptors (Lipinski definition) is 6. The van der Waals surface area contributed by atoms with Gasteiger partial charge in [-0.1, -0.05) is 13.8 Å². The average Bonchev–Trinajstić information content (AvgIpc) is 2.64. The fourth-order valence-corrected chi connectivity index (χ4v) is 6.87. The molecule has 0 N–H and O–H groups in total. The third-order valence-electron chi connectivity index (χ3n) is 4.89. The molecule has 0 aromatic rings. The minimum Gasteiger partial charge on any atom is -0.361 e. The van der Waals surface area contributed by atoms with Gasteiger partial charge in [-0.2, -0.15) is 0 Å². The van der Waals surface area contributed by atoms with Crippen molar-refractivity contribution in [2.24, 2.45) is 0 Å². The second-order valence-corrected chi connectivity index (χ2v) is 10.7. The van der Waals surface area contributed by atoms with E-state index >= 15 is 0 Å². The van der Waals surface area contributed by atoms with Crippen LogP contribution < -0.4 is 0 Å². The van der Waals surface area contributed by atoms with Crippen molar-refractivity contribution in [3.63, 3.8) is 0 Å². The summed E-state index contributed by atoms with van der Waals surface area (Å²) in [5, 5.41) is 0. The molecule has 0 amide bonds. The SMILES string of the molecule is CCC(OC)(OC)PC(C)N(C(C)OC(C)C)C(C)PC(CC)(OC)OC. The zero-order chi connectivity index (χ0) is 21.3. The molecule has 0 radical (unpaired) electrons. The van der Waals surface area contributed by atoms with Crippen LogP contribution in [0.2, 0.25) is 0 Å². The van der Waals surface area contributed by atoms with E-state index in [1.807, 2.05) is 0 Å². The van der Waals surface area contributed by atoms with Gasteiger partial charge in [0.05, 0.1) is 6.10 Å². The Morgan fingerprint density at radius 1 is 0.704 bits per heavy atom. The summed E-state index contributed by atoms with van der Waals surface area (Å²) < 4.78 is 29.1. The molecule has 8 heteroatoms. The van der Waals surface area contributed by atoms with Gasteiger partial charge < -0.3 is 23.7 Å². The van der Waals surface area contributed by atoms with E-state index in [0.717, 1.165) is 12.8 Å². The normalized spacial score (nSPS) is 17.7. The van der Waals surface area contributed by atoms with Gasteiger partial charge >= 0.3 is 0 Å². The summed E-state index contributed by atoms with van der Waals surface area (Å²) >= 11 is 0. The Bertz CT molecular complexity index is 348. The van der Waals surface area contributed by atoms with Gasteiger partial charge in [-0.05, 0) is 51.8 Å². The van der Waals surface area contributed by atoms with Crippen molar-refractivity contribution in [3.05, 3.63) is 0 Å². The van der Waals surface area contributed by atoms with Crippen LogP contribution >= 0.6 is 17.2 Å². The second kappa shape index (κ2) is 13.0. The van der Waals surface area contributed by atoms with Crippen molar-refractivity contribution in [3.8, 4) is 0 Å². The molecule has 0 aliphatic rings. The highest BCUT2D eigenvalue weighted by Gasteiger charge is 2.38. The predicted octanol–water partition coefficient (Wildman–Crippen LogP) is 4.82. The summed E-state index contributed by atoms with van der Waals surface area (Å²) in [7, 11) is 7.75. The highest BCUT2D eigenvalue weighted by Crippen LogP contribution is 2.47. The maximum absolute atomic E-state index is 6.16. The lowest BCUT2D eigenvalue weighted by Crippen LogP contribution is -2.48. The van der Waals surface area contributed by atoms with Crippen LogP contribution in [0.1, 0.15) is 61.3 Å². The molecule has 27 heavy (non-hydrogen) atoms. The third-order valence-corrected chi connectivity index (χ3v) is 8.73. The number of nitrogens with zero attached hydrogens (tertiary/aromatic N) is 1. The second-order valence-electron chi connectivity index (χ2n) is 6.90. The Kier molecular flexibility index (Phi) is 13.3. The van der Waals surface area contributed by atoms with Crippen LogP contribution in [0.15, 0.2) is 0 Å². The Morgan fingerprint density at radius 3 is 1.26 bits per heavy atom. The molecule has 0 saturated heterocycles. The Hall–Kier alpha value is 0.620. The molecule has 5 atom stereocenters. The van der Waals surface area contributed by atoms with Gasteiger partial charge in [0, 0.05) is 52.8 Å². The summed E-state index contributed by atoms with van der Waals surface area (Å²) in [5.41, 5.74) is -1.13. The van der Waals surface area contributed by atoms with Crippen molar-refractivity contribution >= 4 is 17.2 Å². The zero-order valence-corrected chi connectivity index (χ0v) is 21.2. The van der Waals surface area contributed by atoms with Crippen molar-refractivity contribution in [1.82, 2.24) is 4.90 Å². The lowest BCUT2D eigenvalue weighted by molar-refractivity contribution is -0.143.